The standard InChI is InChI=1S/C13H15ClINO/c1-9-4-6-16(7-5-9)13(17)10-2-3-12(15)11(14)8-10/h2-3,8-9H,4-7H2,1H3. The van der Waals surface area contributed by atoms with Crippen LogP contribution in [0, 0.1) is 9.49 Å². The molecule has 17 heavy (non-hydrogen) atoms. The number of piperidine rings is 1. The number of nitrogens with zero attached hydrogens (tertiary/aromatic N) is 1. The molecule has 1 saturated heterocycles. The molecule has 0 bridgehead atoms. The molecule has 1 aromatic carbocycles. The summed E-state index contributed by atoms with van der Waals surface area (Å²) in [4.78, 5) is 14.2. The highest BCUT2D eigenvalue weighted by atomic mass is 127. The van der Waals surface area contributed by atoms with Gasteiger partial charge in [-0.2, -0.15) is 0 Å². The molecule has 0 aromatic heterocycles. The minimum atomic E-state index is 0.107. The van der Waals surface area contributed by atoms with Gasteiger partial charge >= 0.3 is 0 Å². The molecule has 2 rings (SSSR count). The summed E-state index contributed by atoms with van der Waals surface area (Å²) in [5.74, 6) is 0.842. The van der Waals surface area contributed by atoms with E-state index in [1.165, 1.54) is 0 Å². The summed E-state index contributed by atoms with van der Waals surface area (Å²) in [5.41, 5.74) is 0.699. The average molecular weight is 364 g/mol. The van der Waals surface area contributed by atoms with E-state index < -0.39 is 0 Å². The first kappa shape index (κ1) is 13.1. The maximum Gasteiger partial charge on any atom is 0.253 e. The lowest BCUT2D eigenvalue weighted by Gasteiger charge is -2.30. The van der Waals surface area contributed by atoms with E-state index in [2.05, 4.69) is 29.5 Å². The number of hydrogen-bond donors (Lipinski definition) is 0. The number of carbonyl (C=O) groups is 1. The molecule has 1 aromatic rings. The van der Waals surface area contributed by atoms with Crippen LogP contribution in [0.25, 0.3) is 0 Å². The summed E-state index contributed by atoms with van der Waals surface area (Å²) in [6.45, 7) is 3.97. The molecule has 1 amide bonds. The van der Waals surface area contributed by atoms with Crippen LogP contribution >= 0.6 is 34.2 Å². The van der Waals surface area contributed by atoms with Crippen molar-refractivity contribution in [2.45, 2.75) is 19.8 Å². The molecular formula is C13H15ClINO. The van der Waals surface area contributed by atoms with E-state index in [0.717, 1.165) is 35.4 Å². The van der Waals surface area contributed by atoms with Gasteiger partial charge in [-0.05, 0) is 59.5 Å². The summed E-state index contributed by atoms with van der Waals surface area (Å²) < 4.78 is 0.980. The highest BCUT2D eigenvalue weighted by molar-refractivity contribution is 14.1. The number of likely N-dealkylation sites (tertiary alicyclic amines) is 1. The molecule has 1 aliphatic heterocycles. The fraction of sp³-hybridized carbons (Fsp3) is 0.462. The normalized spacial score (nSPS) is 17.2. The van der Waals surface area contributed by atoms with Crippen molar-refractivity contribution in [2.75, 3.05) is 13.1 Å². The van der Waals surface area contributed by atoms with Crippen LogP contribution in [-0.2, 0) is 0 Å². The Labute approximate surface area is 120 Å². The Hall–Kier alpha value is -0.290. The van der Waals surface area contributed by atoms with Crippen molar-refractivity contribution < 1.29 is 4.79 Å². The first-order valence-electron chi connectivity index (χ1n) is 5.82. The number of amides is 1. The van der Waals surface area contributed by atoms with Crippen LogP contribution in [-0.4, -0.2) is 23.9 Å². The number of hydrogen-bond acceptors (Lipinski definition) is 1. The third-order valence-electron chi connectivity index (χ3n) is 3.24. The lowest BCUT2D eigenvalue weighted by molar-refractivity contribution is 0.0697. The molecule has 0 saturated carbocycles. The molecule has 92 valence electrons. The Bertz CT molecular complexity index is 427. The number of rotatable bonds is 1. The van der Waals surface area contributed by atoms with E-state index in [1.807, 2.05) is 17.0 Å². The molecule has 0 unspecified atom stereocenters. The first-order valence-corrected chi connectivity index (χ1v) is 7.28. The van der Waals surface area contributed by atoms with Crippen LogP contribution in [0.2, 0.25) is 5.02 Å². The largest absolute Gasteiger partial charge is 0.339 e. The van der Waals surface area contributed by atoms with E-state index in [-0.39, 0.29) is 5.91 Å². The van der Waals surface area contributed by atoms with Gasteiger partial charge in [0.1, 0.15) is 0 Å². The summed E-state index contributed by atoms with van der Waals surface area (Å²) in [5, 5.41) is 0.654. The fourth-order valence-electron chi connectivity index (χ4n) is 2.02. The van der Waals surface area contributed by atoms with E-state index in [9.17, 15) is 4.79 Å². The molecule has 2 nitrogen and oxygen atoms in total. The Morgan fingerprint density at radius 3 is 2.65 bits per heavy atom. The second-order valence-corrected chi connectivity index (χ2v) is 6.17. The van der Waals surface area contributed by atoms with Gasteiger partial charge in [-0.1, -0.05) is 18.5 Å². The highest BCUT2D eigenvalue weighted by Gasteiger charge is 2.21. The molecule has 0 atom stereocenters. The lowest BCUT2D eigenvalue weighted by Crippen LogP contribution is -2.37. The molecule has 1 heterocycles. The highest BCUT2D eigenvalue weighted by Crippen LogP contribution is 2.22. The van der Waals surface area contributed by atoms with Crippen molar-refractivity contribution in [1.82, 2.24) is 4.90 Å². The molecule has 0 spiro atoms. The molecule has 0 N–H and O–H groups in total. The third-order valence-corrected chi connectivity index (χ3v) is 4.81. The number of halogens is 2. The molecule has 1 fully saturated rings. The van der Waals surface area contributed by atoms with Crippen molar-refractivity contribution in [3.8, 4) is 0 Å². The van der Waals surface area contributed by atoms with Crippen molar-refractivity contribution in [1.29, 1.82) is 0 Å². The quantitative estimate of drug-likeness (QED) is 0.695. The van der Waals surface area contributed by atoms with Crippen LogP contribution < -0.4 is 0 Å². The zero-order valence-corrected chi connectivity index (χ0v) is 12.7. The summed E-state index contributed by atoms with van der Waals surface area (Å²) in [7, 11) is 0. The molecule has 0 aliphatic carbocycles. The van der Waals surface area contributed by atoms with Gasteiger partial charge in [0.25, 0.3) is 5.91 Å². The first-order chi connectivity index (χ1) is 8.08. The van der Waals surface area contributed by atoms with Gasteiger partial charge in [-0.15, -0.1) is 0 Å². The van der Waals surface area contributed by atoms with Crippen LogP contribution in [0.3, 0.4) is 0 Å². The van der Waals surface area contributed by atoms with Crippen molar-refractivity contribution in [2.24, 2.45) is 5.92 Å². The predicted octanol–water partition coefficient (Wildman–Crippen LogP) is 3.82. The van der Waals surface area contributed by atoms with Gasteiger partial charge in [0.2, 0.25) is 0 Å². The van der Waals surface area contributed by atoms with E-state index >= 15 is 0 Å². The summed E-state index contributed by atoms with van der Waals surface area (Å²) in [6, 6.07) is 5.51. The second-order valence-electron chi connectivity index (χ2n) is 4.60. The monoisotopic (exact) mass is 363 g/mol. The Balaban J connectivity index is 2.11. The smallest absolute Gasteiger partial charge is 0.253 e. The number of carbonyl (C=O) groups excluding carboxylic acids is 1. The molecule has 0 radical (unpaired) electrons. The van der Waals surface area contributed by atoms with E-state index in [1.54, 1.807) is 6.07 Å². The minimum absolute atomic E-state index is 0.107. The number of benzene rings is 1. The zero-order valence-electron chi connectivity index (χ0n) is 9.75. The van der Waals surface area contributed by atoms with Crippen LogP contribution in [0.1, 0.15) is 30.1 Å². The van der Waals surface area contributed by atoms with Gasteiger partial charge in [-0.3, -0.25) is 4.79 Å². The topological polar surface area (TPSA) is 20.3 Å². The van der Waals surface area contributed by atoms with E-state index in [4.69, 9.17) is 11.6 Å². The van der Waals surface area contributed by atoms with E-state index in [0.29, 0.717) is 10.6 Å². The van der Waals surface area contributed by atoms with Gasteiger partial charge in [-0.25, -0.2) is 0 Å². The summed E-state index contributed by atoms with van der Waals surface area (Å²) in [6.07, 6.45) is 2.20. The van der Waals surface area contributed by atoms with Crippen LogP contribution in [0.5, 0.6) is 0 Å². The minimum Gasteiger partial charge on any atom is -0.339 e. The maximum atomic E-state index is 12.2. The van der Waals surface area contributed by atoms with Gasteiger partial charge in [0, 0.05) is 22.2 Å². The predicted molar refractivity (Wildman–Crippen MR) is 78.5 cm³/mol. The van der Waals surface area contributed by atoms with Gasteiger partial charge in [0.15, 0.2) is 0 Å². The Morgan fingerprint density at radius 2 is 2.06 bits per heavy atom. The van der Waals surface area contributed by atoms with Gasteiger partial charge in [0.05, 0.1) is 5.02 Å². The molecule has 4 heteroatoms. The summed E-state index contributed by atoms with van der Waals surface area (Å²) >= 11 is 8.21. The van der Waals surface area contributed by atoms with Crippen molar-refractivity contribution in [3.63, 3.8) is 0 Å². The van der Waals surface area contributed by atoms with Crippen molar-refractivity contribution >= 4 is 40.1 Å². The third kappa shape index (κ3) is 3.13. The average Bonchev–Trinajstić information content (AvgIpc) is 2.33. The Kier molecular flexibility index (Phi) is 4.31. The van der Waals surface area contributed by atoms with Crippen LogP contribution in [0.4, 0.5) is 0 Å². The molecule has 1 aliphatic rings. The maximum absolute atomic E-state index is 12.2. The zero-order chi connectivity index (χ0) is 12.4. The second kappa shape index (κ2) is 5.57. The van der Waals surface area contributed by atoms with Gasteiger partial charge < -0.3 is 4.90 Å². The lowest BCUT2D eigenvalue weighted by atomic mass is 9.98. The van der Waals surface area contributed by atoms with Crippen molar-refractivity contribution in [3.05, 3.63) is 32.4 Å². The fourth-order valence-corrected chi connectivity index (χ4v) is 2.54. The van der Waals surface area contributed by atoms with Crippen LogP contribution in [0.15, 0.2) is 18.2 Å². The Morgan fingerprint density at radius 1 is 1.41 bits per heavy atom. The SMILES string of the molecule is CC1CCN(C(=O)c2ccc(I)c(Cl)c2)CC1. The molecular weight excluding hydrogens is 349 g/mol.